The van der Waals surface area contributed by atoms with E-state index >= 15 is 0 Å². The fourth-order valence-electron chi connectivity index (χ4n) is 3.79. The summed E-state index contributed by atoms with van der Waals surface area (Å²) >= 11 is 0. The van der Waals surface area contributed by atoms with Gasteiger partial charge in [0.1, 0.15) is 0 Å². The minimum Gasteiger partial charge on any atom is -0.463 e. The van der Waals surface area contributed by atoms with Crippen LogP contribution in [0.3, 0.4) is 0 Å². The predicted molar refractivity (Wildman–Crippen MR) is 135 cm³/mol. The van der Waals surface area contributed by atoms with Crippen LogP contribution in [0.4, 0.5) is 5.69 Å². The molecule has 0 saturated carbocycles. The van der Waals surface area contributed by atoms with E-state index in [0.717, 1.165) is 22.5 Å². The number of rotatable bonds is 11. The molecule has 0 bridgehead atoms. The van der Waals surface area contributed by atoms with Gasteiger partial charge in [-0.3, -0.25) is 0 Å². The fraction of sp³-hybridized carbons (Fsp3) is 0.259. The monoisotopic (exact) mass is 488 g/mol. The molecular formula is C27H28N4O5. The van der Waals surface area contributed by atoms with Crippen LogP contribution >= 0.6 is 0 Å². The topological polar surface area (TPSA) is 99.9 Å². The van der Waals surface area contributed by atoms with Gasteiger partial charge in [0.25, 0.3) is 0 Å². The smallest absolute Gasteiger partial charge is 0.336 e. The van der Waals surface area contributed by atoms with Crippen LogP contribution in [0.2, 0.25) is 0 Å². The summed E-state index contributed by atoms with van der Waals surface area (Å²) in [7, 11) is 0. The van der Waals surface area contributed by atoms with Crippen LogP contribution in [0.25, 0.3) is 17.1 Å². The second-order valence-electron chi connectivity index (χ2n) is 8.21. The number of aromatic nitrogens is 3. The molecule has 9 nitrogen and oxygen atoms in total. The molecule has 0 saturated heterocycles. The van der Waals surface area contributed by atoms with Gasteiger partial charge in [-0.2, -0.15) is 4.98 Å². The van der Waals surface area contributed by atoms with E-state index in [1.165, 1.54) is 0 Å². The zero-order valence-electron chi connectivity index (χ0n) is 20.0. The Hall–Kier alpha value is -4.08. The number of hydrogen-bond donors (Lipinski definition) is 2. The quantitative estimate of drug-likeness (QED) is 0.326. The second kappa shape index (κ2) is 11.1. The summed E-state index contributed by atoms with van der Waals surface area (Å²) in [6, 6.07) is 23.6. The Morgan fingerprint density at radius 3 is 2.64 bits per heavy atom. The highest BCUT2D eigenvalue weighted by atomic mass is 16.7. The van der Waals surface area contributed by atoms with Crippen molar-refractivity contribution < 1.29 is 24.1 Å². The highest BCUT2D eigenvalue weighted by Gasteiger charge is 2.19. The summed E-state index contributed by atoms with van der Waals surface area (Å²) in [5, 5.41) is 18.0. The zero-order chi connectivity index (χ0) is 24.7. The van der Waals surface area contributed by atoms with Crippen LogP contribution in [-0.4, -0.2) is 52.5 Å². The van der Waals surface area contributed by atoms with Crippen molar-refractivity contribution in [2.75, 3.05) is 31.9 Å². The molecule has 0 fully saturated rings. The molecule has 1 unspecified atom stereocenters. The molecule has 2 heterocycles. The molecule has 1 atom stereocenters. The highest BCUT2D eigenvalue weighted by molar-refractivity contribution is 5.64. The minimum absolute atomic E-state index is 0.206. The summed E-state index contributed by atoms with van der Waals surface area (Å²) in [6.07, 6.45) is -0.630. The summed E-state index contributed by atoms with van der Waals surface area (Å²) in [6.45, 7) is 3.65. The number of ether oxygens (including phenoxy) is 4. The maximum atomic E-state index is 10.3. The van der Waals surface area contributed by atoms with E-state index in [1.54, 1.807) is 4.68 Å². The number of aliphatic hydroxyl groups is 1. The van der Waals surface area contributed by atoms with Crippen molar-refractivity contribution in [3.05, 3.63) is 78.4 Å². The lowest BCUT2D eigenvalue weighted by Gasteiger charge is -2.14. The van der Waals surface area contributed by atoms with Crippen LogP contribution in [0, 0.1) is 0 Å². The largest absolute Gasteiger partial charge is 0.463 e. The lowest BCUT2D eigenvalue weighted by atomic mass is 10.2. The van der Waals surface area contributed by atoms with E-state index in [1.807, 2.05) is 79.7 Å². The van der Waals surface area contributed by atoms with Crippen LogP contribution in [0.1, 0.15) is 12.5 Å². The van der Waals surface area contributed by atoms with Crippen molar-refractivity contribution in [2.24, 2.45) is 0 Å². The third-order valence-corrected chi connectivity index (χ3v) is 5.57. The first-order valence-electron chi connectivity index (χ1n) is 11.8. The minimum atomic E-state index is -0.630. The molecule has 3 aromatic carbocycles. The van der Waals surface area contributed by atoms with Crippen LogP contribution in [-0.2, 0) is 11.3 Å². The van der Waals surface area contributed by atoms with Gasteiger partial charge in [0.2, 0.25) is 6.79 Å². The molecular weight excluding hydrogens is 460 g/mol. The number of nitrogens with zero attached hydrogens (tertiary/aromatic N) is 3. The summed E-state index contributed by atoms with van der Waals surface area (Å²) in [5.41, 5.74) is 3.60. The van der Waals surface area contributed by atoms with Gasteiger partial charge < -0.3 is 29.4 Å². The van der Waals surface area contributed by atoms with Gasteiger partial charge in [-0.1, -0.05) is 30.3 Å². The predicted octanol–water partition coefficient (Wildman–Crippen LogP) is 4.05. The number of aliphatic hydroxyl groups excluding tert-OH is 1. The van der Waals surface area contributed by atoms with Crippen molar-refractivity contribution in [1.29, 1.82) is 0 Å². The van der Waals surface area contributed by atoms with E-state index in [9.17, 15) is 5.11 Å². The van der Waals surface area contributed by atoms with E-state index in [4.69, 9.17) is 18.9 Å². The Labute approximate surface area is 209 Å². The van der Waals surface area contributed by atoms with Crippen LogP contribution in [0.5, 0.6) is 17.5 Å². The number of fused-ring (bicyclic) bond motifs is 1. The first-order valence-corrected chi connectivity index (χ1v) is 11.8. The summed E-state index contributed by atoms with van der Waals surface area (Å²) < 4.78 is 23.9. The van der Waals surface area contributed by atoms with Crippen LogP contribution in [0.15, 0.2) is 72.8 Å². The SMILES string of the molecule is CCOc1nc(-c2ccc3c(c2)OCO3)n(-c2ccc(NCC(O)COCc3ccccc3)cc2)n1. The molecule has 186 valence electrons. The van der Waals surface area contributed by atoms with Gasteiger partial charge in [0.15, 0.2) is 17.3 Å². The molecule has 1 aliphatic heterocycles. The first kappa shape index (κ1) is 23.7. The van der Waals surface area contributed by atoms with Crippen molar-refractivity contribution in [3.63, 3.8) is 0 Å². The average molecular weight is 489 g/mol. The number of anilines is 1. The maximum absolute atomic E-state index is 10.3. The normalized spacial score (nSPS) is 12.9. The number of nitrogens with one attached hydrogen (secondary N) is 1. The van der Waals surface area contributed by atoms with Crippen molar-refractivity contribution in [2.45, 2.75) is 19.6 Å². The van der Waals surface area contributed by atoms with Crippen molar-refractivity contribution in [1.82, 2.24) is 14.8 Å². The molecule has 5 rings (SSSR count). The maximum Gasteiger partial charge on any atom is 0.336 e. The number of hydrogen-bond acceptors (Lipinski definition) is 8. The standard InChI is InChI=1S/C27H28N4O5/c1-2-34-27-29-26(20-8-13-24-25(14-20)36-18-35-24)31(30-27)22-11-9-21(10-12-22)28-15-23(32)17-33-16-19-6-4-3-5-7-19/h3-14,23,28,32H,2,15-18H2,1H3. The van der Waals surface area contributed by atoms with Gasteiger partial charge >= 0.3 is 6.01 Å². The van der Waals surface area contributed by atoms with E-state index in [2.05, 4.69) is 15.4 Å². The molecule has 0 radical (unpaired) electrons. The molecule has 0 aliphatic carbocycles. The average Bonchev–Trinajstić information content (AvgIpc) is 3.55. The lowest BCUT2D eigenvalue weighted by molar-refractivity contribution is 0.0348. The van der Waals surface area contributed by atoms with Gasteiger partial charge in [-0.25, -0.2) is 4.68 Å². The third-order valence-electron chi connectivity index (χ3n) is 5.57. The molecule has 1 aliphatic rings. The highest BCUT2D eigenvalue weighted by Crippen LogP contribution is 2.36. The second-order valence-corrected chi connectivity index (χ2v) is 8.21. The zero-order valence-corrected chi connectivity index (χ0v) is 20.0. The van der Waals surface area contributed by atoms with E-state index in [0.29, 0.717) is 43.1 Å². The van der Waals surface area contributed by atoms with Gasteiger partial charge in [-0.15, -0.1) is 5.10 Å². The molecule has 2 N–H and O–H groups in total. The number of benzene rings is 3. The Morgan fingerprint density at radius 2 is 1.83 bits per heavy atom. The Kier molecular flexibility index (Phi) is 7.30. The summed E-state index contributed by atoms with van der Waals surface area (Å²) in [4.78, 5) is 4.58. The molecule has 4 aromatic rings. The van der Waals surface area contributed by atoms with E-state index in [-0.39, 0.29) is 13.4 Å². The van der Waals surface area contributed by atoms with Crippen LogP contribution < -0.4 is 19.5 Å². The van der Waals surface area contributed by atoms with Crippen molar-refractivity contribution in [3.8, 4) is 34.6 Å². The Morgan fingerprint density at radius 1 is 1.03 bits per heavy atom. The molecule has 1 aromatic heterocycles. The first-order chi connectivity index (χ1) is 17.7. The fourth-order valence-corrected chi connectivity index (χ4v) is 3.79. The molecule has 9 heteroatoms. The van der Waals surface area contributed by atoms with Gasteiger partial charge in [0.05, 0.1) is 31.6 Å². The Balaban J connectivity index is 1.23. The Bertz CT molecular complexity index is 1280. The lowest BCUT2D eigenvalue weighted by Crippen LogP contribution is -2.24. The molecule has 36 heavy (non-hydrogen) atoms. The van der Waals surface area contributed by atoms with Gasteiger partial charge in [-0.05, 0) is 55.0 Å². The third kappa shape index (κ3) is 5.59. The summed E-state index contributed by atoms with van der Waals surface area (Å²) in [5.74, 6) is 2.01. The molecule has 0 amide bonds. The van der Waals surface area contributed by atoms with Gasteiger partial charge in [0, 0.05) is 17.8 Å². The van der Waals surface area contributed by atoms with Crippen molar-refractivity contribution >= 4 is 5.69 Å². The molecule has 0 spiro atoms. The van der Waals surface area contributed by atoms with E-state index < -0.39 is 6.10 Å².